The fourth-order valence-corrected chi connectivity index (χ4v) is 3.96. The van der Waals surface area contributed by atoms with Crippen LogP contribution in [0.25, 0.3) is 10.1 Å². The molecule has 0 saturated heterocycles. The SMILES string of the molecule is CCc1c(CNC(C)(C)C)sc2c(Cl)ccc(Cl)c12. The fraction of sp³-hybridized carbons (Fsp3) is 0.467. The van der Waals surface area contributed by atoms with Gasteiger partial charge >= 0.3 is 0 Å². The van der Waals surface area contributed by atoms with Crippen LogP contribution in [0.3, 0.4) is 0 Å². The zero-order valence-electron chi connectivity index (χ0n) is 11.7. The number of hydrogen-bond donors (Lipinski definition) is 1. The van der Waals surface area contributed by atoms with Crippen LogP contribution in [0, 0.1) is 0 Å². The third-order valence-electron chi connectivity index (χ3n) is 3.06. The molecule has 4 heteroatoms. The minimum Gasteiger partial charge on any atom is -0.307 e. The predicted octanol–water partition coefficient (Wildman–Crippen LogP) is 5.66. The molecule has 2 aromatic rings. The Morgan fingerprint density at radius 3 is 2.37 bits per heavy atom. The van der Waals surface area contributed by atoms with E-state index in [-0.39, 0.29) is 5.54 Å². The van der Waals surface area contributed by atoms with E-state index in [1.54, 1.807) is 11.3 Å². The molecule has 0 radical (unpaired) electrons. The molecule has 1 N–H and O–H groups in total. The molecule has 1 nitrogen and oxygen atoms in total. The first-order valence-corrected chi connectivity index (χ1v) is 8.04. The molecule has 104 valence electrons. The third-order valence-corrected chi connectivity index (χ3v) is 5.06. The van der Waals surface area contributed by atoms with E-state index in [1.807, 2.05) is 12.1 Å². The quantitative estimate of drug-likeness (QED) is 0.770. The van der Waals surface area contributed by atoms with E-state index in [2.05, 4.69) is 33.0 Å². The van der Waals surface area contributed by atoms with Gasteiger partial charge in [0.1, 0.15) is 0 Å². The molecule has 0 unspecified atom stereocenters. The largest absolute Gasteiger partial charge is 0.307 e. The van der Waals surface area contributed by atoms with Gasteiger partial charge in [0, 0.05) is 27.4 Å². The normalized spacial score (nSPS) is 12.3. The number of benzene rings is 1. The summed E-state index contributed by atoms with van der Waals surface area (Å²) in [6.45, 7) is 9.54. The van der Waals surface area contributed by atoms with Crippen LogP contribution in [0.15, 0.2) is 12.1 Å². The Labute approximate surface area is 128 Å². The van der Waals surface area contributed by atoms with E-state index in [0.29, 0.717) is 0 Å². The van der Waals surface area contributed by atoms with Gasteiger partial charge in [-0.25, -0.2) is 0 Å². The van der Waals surface area contributed by atoms with Gasteiger partial charge in [-0.05, 0) is 44.9 Å². The first-order valence-electron chi connectivity index (χ1n) is 6.46. The fourth-order valence-electron chi connectivity index (χ4n) is 2.10. The summed E-state index contributed by atoms with van der Waals surface area (Å²) in [5, 5.41) is 6.26. The summed E-state index contributed by atoms with van der Waals surface area (Å²) in [6.07, 6.45) is 0.973. The molecule has 19 heavy (non-hydrogen) atoms. The number of halogens is 2. The minimum atomic E-state index is 0.106. The van der Waals surface area contributed by atoms with Crippen LogP contribution in [0.2, 0.25) is 10.0 Å². The average Bonchev–Trinajstić information content (AvgIpc) is 2.70. The van der Waals surface area contributed by atoms with Gasteiger partial charge in [0.15, 0.2) is 0 Å². The smallest absolute Gasteiger partial charge is 0.0585 e. The summed E-state index contributed by atoms with van der Waals surface area (Å²) in [4.78, 5) is 1.34. The zero-order chi connectivity index (χ0) is 14.2. The van der Waals surface area contributed by atoms with Gasteiger partial charge < -0.3 is 5.32 Å². The van der Waals surface area contributed by atoms with Gasteiger partial charge in [-0.15, -0.1) is 11.3 Å². The second-order valence-corrected chi connectivity index (χ2v) is 7.61. The molecule has 1 heterocycles. The molecule has 0 aliphatic heterocycles. The highest BCUT2D eigenvalue weighted by molar-refractivity contribution is 7.20. The highest BCUT2D eigenvalue weighted by atomic mass is 35.5. The van der Waals surface area contributed by atoms with Crippen LogP contribution in [-0.4, -0.2) is 5.54 Å². The van der Waals surface area contributed by atoms with E-state index >= 15 is 0 Å². The number of aryl methyl sites for hydroxylation is 1. The third kappa shape index (κ3) is 3.25. The van der Waals surface area contributed by atoms with Crippen molar-refractivity contribution >= 4 is 44.6 Å². The second-order valence-electron chi connectivity index (χ2n) is 5.69. The predicted molar refractivity (Wildman–Crippen MR) is 87.8 cm³/mol. The van der Waals surface area contributed by atoms with Crippen LogP contribution in [0.4, 0.5) is 0 Å². The van der Waals surface area contributed by atoms with Gasteiger partial charge in [0.25, 0.3) is 0 Å². The van der Waals surface area contributed by atoms with Crippen LogP contribution >= 0.6 is 34.5 Å². The Hall–Kier alpha value is -0.280. The Kier molecular flexibility index (Phi) is 4.46. The van der Waals surface area contributed by atoms with E-state index in [1.165, 1.54) is 10.4 Å². The van der Waals surface area contributed by atoms with E-state index < -0.39 is 0 Å². The van der Waals surface area contributed by atoms with Crippen molar-refractivity contribution in [2.24, 2.45) is 0 Å². The molecule has 0 fully saturated rings. The number of thiophene rings is 1. The first-order chi connectivity index (χ1) is 8.83. The number of rotatable bonds is 3. The molecule has 0 saturated carbocycles. The van der Waals surface area contributed by atoms with E-state index in [4.69, 9.17) is 23.2 Å². The first kappa shape index (κ1) is 15.1. The van der Waals surface area contributed by atoms with Crippen molar-refractivity contribution in [3.63, 3.8) is 0 Å². The molecule has 0 aliphatic carbocycles. The lowest BCUT2D eigenvalue weighted by molar-refractivity contribution is 0.426. The molecule has 0 atom stereocenters. The van der Waals surface area contributed by atoms with Crippen molar-refractivity contribution < 1.29 is 0 Å². The van der Waals surface area contributed by atoms with Crippen molar-refractivity contribution in [3.8, 4) is 0 Å². The minimum absolute atomic E-state index is 0.106. The van der Waals surface area contributed by atoms with Crippen molar-refractivity contribution in [1.29, 1.82) is 0 Å². The Morgan fingerprint density at radius 1 is 1.16 bits per heavy atom. The lowest BCUT2D eigenvalue weighted by Crippen LogP contribution is -2.35. The van der Waals surface area contributed by atoms with Crippen LogP contribution in [-0.2, 0) is 13.0 Å². The zero-order valence-corrected chi connectivity index (χ0v) is 14.1. The van der Waals surface area contributed by atoms with Crippen LogP contribution in [0.5, 0.6) is 0 Å². The van der Waals surface area contributed by atoms with E-state index in [0.717, 1.165) is 33.1 Å². The summed E-state index contributed by atoms with van der Waals surface area (Å²) >= 11 is 14.4. The summed E-state index contributed by atoms with van der Waals surface area (Å²) in [5.41, 5.74) is 1.43. The molecule has 1 aromatic heterocycles. The maximum absolute atomic E-state index is 6.34. The Morgan fingerprint density at radius 2 is 1.79 bits per heavy atom. The topological polar surface area (TPSA) is 12.0 Å². The van der Waals surface area contributed by atoms with Crippen molar-refractivity contribution in [2.75, 3.05) is 0 Å². The van der Waals surface area contributed by atoms with Crippen LogP contribution in [0.1, 0.15) is 38.1 Å². The van der Waals surface area contributed by atoms with Crippen molar-refractivity contribution in [3.05, 3.63) is 32.6 Å². The van der Waals surface area contributed by atoms with Crippen molar-refractivity contribution in [1.82, 2.24) is 5.32 Å². The average molecular weight is 316 g/mol. The molecule has 1 aromatic carbocycles. The van der Waals surface area contributed by atoms with Crippen molar-refractivity contribution in [2.45, 2.75) is 46.2 Å². The van der Waals surface area contributed by atoms with Gasteiger partial charge in [-0.3, -0.25) is 0 Å². The van der Waals surface area contributed by atoms with E-state index in [9.17, 15) is 0 Å². The summed E-state index contributed by atoms with van der Waals surface area (Å²) in [7, 11) is 0. The summed E-state index contributed by atoms with van der Waals surface area (Å²) < 4.78 is 1.11. The Bertz CT molecular complexity index is 596. The molecule has 0 amide bonds. The Balaban J connectivity index is 2.50. The number of fused-ring (bicyclic) bond motifs is 1. The van der Waals surface area contributed by atoms with Gasteiger partial charge in [-0.1, -0.05) is 30.1 Å². The molecule has 0 aliphatic rings. The maximum Gasteiger partial charge on any atom is 0.0585 e. The monoisotopic (exact) mass is 315 g/mol. The van der Waals surface area contributed by atoms with Crippen LogP contribution < -0.4 is 5.32 Å². The lowest BCUT2D eigenvalue weighted by Gasteiger charge is -2.20. The standard InChI is InChI=1S/C15H19Cl2NS/c1-5-9-12(8-18-15(2,3)4)19-14-11(17)7-6-10(16)13(9)14/h6-7,18H,5,8H2,1-4H3. The summed E-state index contributed by atoms with van der Waals surface area (Å²) in [6, 6.07) is 3.77. The molecular weight excluding hydrogens is 297 g/mol. The molecule has 0 bridgehead atoms. The molecular formula is C15H19Cl2NS. The molecule has 2 rings (SSSR count). The van der Waals surface area contributed by atoms with Gasteiger partial charge in [-0.2, -0.15) is 0 Å². The second kappa shape index (κ2) is 5.61. The number of nitrogens with one attached hydrogen (secondary N) is 1. The van der Waals surface area contributed by atoms with Gasteiger partial charge in [0.2, 0.25) is 0 Å². The highest BCUT2D eigenvalue weighted by Crippen LogP contribution is 2.40. The maximum atomic E-state index is 6.34. The molecule has 0 spiro atoms. The summed E-state index contributed by atoms with van der Waals surface area (Å²) in [5.74, 6) is 0. The number of hydrogen-bond acceptors (Lipinski definition) is 2. The lowest BCUT2D eigenvalue weighted by atomic mass is 10.1. The highest BCUT2D eigenvalue weighted by Gasteiger charge is 2.17. The van der Waals surface area contributed by atoms with Gasteiger partial charge in [0.05, 0.1) is 9.72 Å².